The van der Waals surface area contributed by atoms with E-state index in [0.29, 0.717) is 0 Å². The normalized spacial score (nSPS) is 18.0. The summed E-state index contributed by atoms with van der Waals surface area (Å²) in [5.41, 5.74) is 4.20. The Balaban J connectivity index is 1.50. The van der Waals surface area contributed by atoms with Crippen molar-refractivity contribution in [1.82, 2.24) is 0 Å². The molecule has 0 radical (unpaired) electrons. The van der Waals surface area contributed by atoms with E-state index in [1.165, 1.54) is 36.9 Å². The molecule has 4 heteroatoms. The summed E-state index contributed by atoms with van der Waals surface area (Å²) in [6.45, 7) is 10.5. The van der Waals surface area contributed by atoms with Gasteiger partial charge in [0.25, 0.3) is 0 Å². The minimum atomic E-state index is -0.320. The van der Waals surface area contributed by atoms with Crippen LogP contribution in [0, 0.1) is 6.92 Å². The van der Waals surface area contributed by atoms with E-state index in [0.717, 1.165) is 5.46 Å². The maximum Gasteiger partial charge on any atom is 0.494 e. The van der Waals surface area contributed by atoms with Crippen molar-refractivity contribution in [1.29, 1.82) is 0 Å². The number of benzene rings is 3. The first-order chi connectivity index (χ1) is 13.7. The first kappa shape index (κ1) is 18.9. The third-order valence-electron chi connectivity index (χ3n) is 6.47. The molecule has 0 bridgehead atoms. The molecule has 0 atom stereocenters. The van der Waals surface area contributed by atoms with Crippen LogP contribution in [0.1, 0.15) is 33.3 Å². The van der Waals surface area contributed by atoms with E-state index in [9.17, 15) is 0 Å². The van der Waals surface area contributed by atoms with Crippen LogP contribution in [0.3, 0.4) is 0 Å². The Kier molecular flexibility index (Phi) is 4.18. The Bertz CT molecular complexity index is 1210. The molecule has 1 aliphatic rings. The summed E-state index contributed by atoms with van der Waals surface area (Å²) < 4.78 is 15.1. The quantitative estimate of drug-likeness (QED) is 0.366. The van der Waals surface area contributed by atoms with Crippen molar-refractivity contribution in [2.24, 2.45) is 0 Å². The molecule has 0 N–H and O–H groups in total. The van der Waals surface area contributed by atoms with Crippen molar-refractivity contribution in [3.05, 3.63) is 66.2 Å². The number of aryl methyl sites for hydroxylation is 1. The lowest BCUT2D eigenvalue weighted by atomic mass is 9.78. The molecule has 1 aromatic heterocycles. The van der Waals surface area contributed by atoms with Gasteiger partial charge in [-0.25, -0.2) is 0 Å². The van der Waals surface area contributed by atoms with Crippen molar-refractivity contribution in [2.75, 3.05) is 0 Å². The van der Waals surface area contributed by atoms with E-state index in [-0.39, 0.29) is 18.3 Å². The molecule has 0 spiro atoms. The average Bonchev–Trinajstić information content (AvgIpc) is 3.16. The molecule has 5 rings (SSSR count). The Morgan fingerprint density at radius 1 is 0.759 bits per heavy atom. The number of thiophene rings is 1. The Hall–Kier alpha value is -2.14. The molecule has 29 heavy (non-hydrogen) atoms. The van der Waals surface area contributed by atoms with Crippen LogP contribution in [0.2, 0.25) is 0 Å². The van der Waals surface area contributed by atoms with Crippen molar-refractivity contribution in [3.63, 3.8) is 0 Å². The summed E-state index contributed by atoms with van der Waals surface area (Å²) in [7, 11) is -0.319. The van der Waals surface area contributed by atoms with Gasteiger partial charge in [0.05, 0.1) is 11.2 Å². The van der Waals surface area contributed by atoms with Gasteiger partial charge in [-0.15, -0.1) is 11.3 Å². The lowest BCUT2D eigenvalue weighted by molar-refractivity contribution is 0.00578. The van der Waals surface area contributed by atoms with Gasteiger partial charge in [0, 0.05) is 20.2 Å². The highest BCUT2D eigenvalue weighted by molar-refractivity contribution is 7.25. The van der Waals surface area contributed by atoms with E-state index in [4.69, 9.17) is 9.31 Å². The molecular weight excluding hydrogens is 375 g/mol. The van der Waals surface area contributed by atoms with Crippen molar-refractivity contribution in [2.45, 2.75) is 45.8 Å². The van der Waals surface area contributed by atoms with Crippen LogP contribution in [0.25, 0.3) is 31.3 Å². The highest BCUT2D eigenvalue weighted by atomic mass is 32.1. The molecule has 1 saturated heterocycles. The van der Waals surface area contributed by atoms with Crippen molar-refractivity contribution < 1.29 is 9.31 Å². The van der Waals surface area contributed by atoms with Gasteiger partial charge in [-0.1, -0.05) is 42.5 Å². The standard InChI is InChI=1S/C25H25BO2S/c1-16-7-6-8-22-23(16)20-15-18(11-14-21(20)29-22)17-9-12-19(13-10-17)26-27-24(2,3)25(4,5)28-26/h6-15H,1-5H3. The maximum atomic E-state index is 6.18. The third kappa shape index (κ3) is 3.02. The van der Waals surface area contributed by atoms with E-state index in [1.54, 1.807) is 0 Å². The first-order valence-corrected chi connectivity index (χ1v) is 10.9. The van der Waals surface area contributed by atoms with Gasteiger partial charge in [-0.2, -0.15) is 0 Å². The van der Waals surface area contributed by atoms with Crippen molar-refractivity contribution >= 4 is 44.1 Å². The lowest BCUT2D eigenvalue weighted by Crippen LogP contribution is -2.41. The first-order valence-electron chi connectivity index (χ1n) is 10.1. The SMILES string of the molecule is Cc1cccc2sc3ccc(-c4ccc(B5OC(C)(C)C(C)(C)O5)cc4)cc3c12. The molecule has 1 aliphatic heterocycles. The number of fused-ring (bicyclic) bond motifs is 3. The van der Waals surface area contributed by atoms with Crippen molar-refractivity contribution in [3.8, 4) is 11.1 Å². The predicted octanol–water partition coefficient (Wildman–Crippen LogP) is 6.33. The molecule has 1 fully saturated rings. The number of hydrogen-bond acceptors (Lipinski definition) is 3. The molecular formula is C25H25BO2S. The second-order valence-electron chi connectivity index (χ2n) is 8.97. The Morgan fingerprint density at radius 2 is 1.41 bits per heavy atom. The summed E-state index contributed by atoms with van der Waals surface area (Å²) in [6.07, 6.45) is 0. The topological polar surface area (TPSA) is 18.5 Å². The fraction of sp³-hybridized carbons (Fsp3) is 0.280. The second-order valence-corrected chi connectivity index (χ2v) is 10.1. The van der Waals surface area contributed by atoms with Crippen LogP contribution in [0.4, 0.5) is 0 Å². The van der Waals surface area contributed by atoms with Crippen LogP contribution < -0.4 is 5.46 Å². The summed E-state index contributed by atoms with van der Waals surface area (Å²) in [5.74, 6) is 0. The summed E-state index contributed by atoms with van der Waals surface area (Å²) in [6, 6.07) is 21.9. The van der Waals surface area contributed by atoms with Crippen LogP contribution >= 0.6 is 11.3 Å². The average molecular weight is 400 g/mol. The highest BCUT2D eigenvalue weighted by Gasteiger charge is 2.51. The largest absolute Gasteiger partial charge is 0.494 e. The molecule has 3 aromatic carbocycles. The molecule has 2 heterocycles. The Morgan fingerprint density at radius 3 is 2.10 bits per heavy atom. The summed E-state index contributed by atoms with van der Waals surface area (Å²) in [4.78, 5) is 0. The van der Waals surface area contributed by atoms with Gasteiger partial charge in [0.1, 0.15) is 0 Å². The molecule has 0 aliphatic carbocycles. The zero-order valence-corrected chi connectivity index (χ0v) is 18.4. The predicted molar refractivity (Wildman–Crippen MR) is 125 cm³/mol. The number of rotatable bonds is 2. The van der Waals surface area contributed by atoms with Crippen LogP contribution in [-0.4, -0.2) is 18.3 Å². The van der Waals surface area contributed by atoms with Gasteiger partial charge >= 0.3 is 7.12 Å². The molecule has 0 unspecified atom stereocenters. The number of hydrogen-bond donors (Lipinski definition) is 0. The van der Waals surface area contributed by atoms with Crippen LogP contribution in [0.5, 0.6) is 0 Å². The zero-order valence-electron chi connectivity index (χ0n) is 17.6. The van der Waals surface area contributed by atoms with Gasteiger partial charge in [0.2, 0.25) is 0 Å². The zero-order chi connectivity index (χ0) is 20.4. The van der Waals surface area contributed by atoms with E-state index in [1.807, 2.05) is 11.3 Å². The minimum absolute atomic E-state index is 0.319. The fourth-order valence-electron chi connectivity index (χ4n) is 4.00. The second kappa shape index (κ2) is 6.43. The van der Waals surface area contributed by atoms with E-state index >= 15 is 0 Å². The Labute approximate surface area is 176 Å². The van der Waals surface area contributed by atoms with Gasteiger partial charge in [-0.05, 0) is 75.0 Å². The monoisotopic (exact) mass is 400 g/mol. The smallest absolute Gasteiger partial charge is 0.399 e. The fourth-order valence-corrected chi connectivity index (χ4v) is 5.16. The summed E-state index contributed by atoms with van der Waals surface area (Å²) >= 11 is 1.87. The van der Waals surface area contributed by atoms with E-state index in [2.05, 4.69) is 95.3 Å². The van der Waals surface area contributed by atoms with Gasteiger partial charge in [0.15, 0.2) is 0 Å². The van der Waals surface area contributed by atoms with Crippen LogP contribution in [0.15, 0.2) is 60.7 Å². The molecule has 0 amide bonds. The molecule has 2 nitrogen and oxygen atoms in total. The lowest BCUT2D eigenvalue weighted by Gasteiger charge is -2.32. The van der Waals surface area contributed by atoms with Gasteiger partial charge < -0.3 is 9.31 Å². The molecule has 4 aromatic rings. The van der Waals surface area contributed by atoms with Crippen LogP contribution in [-0.2, 0) is 9.31 Å². The third-order valence-corrected chi connectivity index (χ3v) is 7.61. The molecule has 146 valence electrons. The summed E-state index contributed by atoms with van der Waals surface area (Å²) in [5, 5.41) is 2.72. The van der Waals surface area contributed by atoms with E-state index < -0.39 is 0 Å². The van der Waals surface area contributed by atoms with Gasteiger partial charge in [-0.3, -0.25) is 0 Å². The maximum absolute atomic E-state index is 6.18. The highest BCUT2D eigenvalue weighted by Crippen LogP contribution is 2.38. The minimum Gasteiger partial charge on any atom is -0.399 e. The molecule has 0 saturated carbocycles.